The molecule has 4 N–H and O–H groups in total. The van der Waals surface area contributed by atoms with Gasteiger partial charge in [-0.1, -0.05) is 0 Å². The first-order valence-corrected chi connectivity index (χ1v) is 5.29. The van der Waals surface area contributed by atoms with Gasteiger partial charge in [-0.3, -0.25) is 0 Å². The monoisotopic (exact) mass is 242 g/mol. The molecule has 0 aliphatic carbocycles. The molecule has 1 rings (SSSR count). The van der Waals surface area contributed by atoms with Crippen LogP contribution in [0.3, 0.4) is 0 Å². The highest BCUT2D eigenvalue weighted by Crippen LogP contribution is 2.28. The van der Waals surface area contributed by atoms with E-state index in [1.807, 2.05) is 0 Å². The number of ether oxygens (including phenoxy) is 2. The topological polar surface area (TPSA) is 97.8 Å². The van der Waals surface area contributed by atoms with Crippen LogP contribution in [-0.4, -0.2) is 42.1 Å². The van der Waals surface area contributed by atoms with Crippen LogP contribution in [0, 0.1) is 0 Å². The number of pyridine rings is 1. The SMILES string of the molecule is COc1ccc(C(O)C(O)CCN)c(OC)n1. The van der Waals surface area contributed by atoms with Gasteiger partial charge in [-0.2, -0.15) is 4.98 Å². The maximum atomic E-state index is 9.93. The molecule has 0 bridgehead atoms. The Morgan fingerprint density at radius 2 is 2.00 bits per heavy atom. The van der Waals surface area contributed by atoms with Crippen LogP contribution in [0.4, 0.5) is 0 Å². The van der Waals surface area contributed by atoms with Crippen molar-refractivity contribution in [2.75, 3.05) is 20.8 Å². The Bertz CT molecular complexity index is 359. The molecule has 0 aliphatic rings. The molecule has 6 heteroatoms. The zero-order chi connectivity index (χ0) is 12.8. The summed E-state index contributed by atoms with van der Waals surface area (Å²) in [6.45, 7) is 0.296. The second-order valence-corrected chi connectivity index (χ2v) is 3.54. The average molecular weight is 242 g/mol. The smallest absolute Gasteiger partial charge is 0.222 e. The summed E-state index contributed by atoms with van der Waals surface area (Å²) in [5.74, 6) is 0.610. The summed E-state index contributed by atoms with van der Waals surface area (Å²) < 4.78 is 9.99. The lowest BCUT2D eigenvalue weighted by Crippen LogP contribution is -2.22. The van der Waals surface area contributed by atoms with E-state index in [0.29, 0.717) is 24.4 Å². The molecule has 2 atom stereocenters. The normalized spacial score (nSPS) is 14.2. The lowest BCUT2D eigenvalue weighted by molar-refractivity contribution is 0.0133. The summed E-state index contributed by atoms with van der Waals surface area (Å²) in [6, 6.07) is 3.20. The molecule has 17 heavy (non-hydrogen) atoms. The van der Waals surface area contributed by atoms with Gasteiger partial charge in [0.25, 0.3) is 0 Å². The molecular weight excluding hydrogens is 224 g/mol. The Labute approximate surface area is 100.0 Å². The van der Waals surface area contributed by atoms with Gasteiger partial charge in [0.2, 0.25) is 11.8 Å². The van der Waals surface area contributed by atoms with Crippen LogP contribution in [0.25, 0.3) is 0 Å². The van der Waals surface area contributed by atoms with Crippen LogP contribution in [-0.2, 0) is 0 Å². The van der Waals surface area contributed by atoms with Gasteiger partial charge in [-0.25, -0.2) is 0 Å². The second kappa shape index (κ2) is 6.39. The predicted octanol–water partition coefficient (Wildman–Crippen LogP) is -0.158. The third kappa shape index (κ3) is 3.29. The molecule has 2 unspecified atom stereocenters. The summed E-state index contributed by atoms with van der Waals surface area (Å²) in [5.41, 5.74) is 5.73. The quantitative estimate of drug-likeness (QED) is 0.641. The highest BCUT2D eigenvalue weighted by Gasteiger charge is 2.22. The zero-order valence-corrected chi connectivity index (χ0v) is 9.96. The first kappa shape index (κ1) is 13.7. The minimum absolute atomic E-state index is 0.230. The summed E-state index contributed by atoms with van der Waals surface area (Å²) in [4.78, 5) is 4.03. The molecule has 96 valence electrons. The number of aromatic nitrogens is 1. The fraction of sp³-hybridized carbons (Fsp3) is 0.545. The van der Waals surface area contributed by atoms with Gasteiger partial charge in [0.05, 0.1) is 20.3 Å². The van der Waals surface area contributed by atoms with Crippen LogP contribution in [0.5, 0.6) is 11.8 Å². The molecule has 0 amide bonds. The number of rotatable bonds is 6. The summed E-state index contributed by atoms with van der Waals surface area (Å²) in [7, 11) is 2.93. The summed E-state index contributed by atoms with van der Waals surface area (Å²) in [5, 5.41) is 19.6. The standard InChI is InChI=1S/C11H18N2O4/c1-16-9-4-3-7(11(13-9)17-2)10(15)8(14)5-6-12/h3-4,8,10,14-15H,5-6,12H2,1-2H3. The maximum absolute atomic E-state index is 9.93. The van der Waals surface area contributed by atoms with Crippen molar-refractivity contribution < 1.29 is 19.7 Å². The van der Waals surface area contributed by atoms with Gasteiger partial charge in [-0.15, -0.1) is 0 Å². The van der Waals surface area contributed by atoms with E-state index in [1.165, 1.54) is 14.2 Å². The molecular formula is C11H18N2O4. The Hall–Kier alpha value is -1.37. The molecule has 0 aliphatic heterocycles. The molecule has 0 spiro atoms. The number of hydrogen-bond donors (Lipinski definition) is 3. The van der Waals surface area contributed by atoms with E-state index in [-0.39, 0.29) is 5.88 Å². The van der Waals surface area contributed by atoms with Crippen LogP contribution in [0.1, 0.15) is 18.1 Å². The Kier molecular flexibility index (Phi) is 5.14. The summed E-state index contributed by atoms with van der Waals surface area (Å²) in [6.07, 6.45) is -1.72. The van der Waals surface area contributed by atoms with E-state index in [4.69, 9.17) is 15.2 Å². The van der Waals surface area contributed by atoms with Crippen LogP contribution < -0.4 is 15.2 Å². The Morgan fingerprint density at radius 1 is 1.29 bits per heavy atom. The van der Waals surface area contributed by atoms with Gasteiger partial charge < -0.3 is 25.4 Å². The fourth-order valence-corrected chi connectivity index (χ4v) is 1.47. The van der Waals surface area contributed by atoms with Gasteiger partial charge in [-0.05, 0) is 19.0 Å². The molecule has 0 radical (unpaired) electrons. The molecule has 6 nitrogen and oxygen atoms in total. The van der Waals surface area contributed by atoms with Crippen molar-refractivity contribution in [3.05, 3.63) is 17.7 Å². The van der Waals surface area contributed by atoms with Crippen molar-refractivity contribution in [2.24, 2.45) is 5.73 Å². The van der Waals surface area contributed by atoms with Crippen molar-refractivity contribution in [2.45, 2.75) is 18.6 Å². The van der Waals surface area contributed by atoms with Crippen molar-refractivity contribution in [1.82, 2.24) is 4.98 Å². The van der Waals surface area contributed by atoms with E-state index in [1.54, 1.807) is 12.1 Å². The Balaban J connectivity index is 2.96. The third-order valence-electron chi connectivity index (χ3n) is 2.41. The van der Waals surface area contributed by atoms with E-state index in [2.05, 4.69) is 4.98 Å². The fourth-order valence-electron chi connectivity index (χ4n) is 1.47. The lowest BCUT2D eigenvalue weighted by atomic mass is 10.0. The van der Waals surface area contributed by atoms with Crippen molar-refractivity contribution in [1.29, 1.82) is 0 Å². The van der Waals surface area contributed by atoms with Crippen LogP contribution in [0.15, 0.2) is 12.1 Å². The molecule has 1 aromatic rings. The van der Waals surface area contributed by atoms with Gasteiger partial charge in [0, 0.05) is 11.6 Å². The first-order valence-electron chi connectivity index (χ1n) is 5.29. The number of aliphatic hydroxyl groups is 2. The third-order valence-corrected chi connectivity index (χ3v) is 2.41. The Morgan fingerprint density at radius 3 is 2.53 bits per heavy atom. The molecule has 0 saturated carbocycles. The largest absolute Gasteiger partial charge is 0.481 e. The molecule has 0 fully saturated rings. The van der Waals surface area contributed by atoms with E-state index in [9.17, 15) is 10.2 Å². The first-order chi connectivity index (χ1) is 8.13. The van der Waals surface area contributed by atoms with E-state index < -0.39 is 12.2 Å². The number of nitrogens with two attached hydrogens (primary N) is 1. The van der Waals surface area contributed by atoms with Gasteiger partial charge in [0.1, 0.15) is 6.10 Å². The number of nitrogens with zero attached hydrogens (tertiary/aromatic N) is 1. The number of hydrogen-bond acceptors (Lipinski definition) is 6. The van der Waals surface area contributed by atoms with Crippen LogP contribution in [0.2, 0.25) is 0 Å². The minimum Gasteiger partial charge on any atom is -0.481 e. The lowest BCUT2D eigenvalue weighted by Gasteiger charge is -2.19. The molecule has 1 heterocycles. The van der Waals surface area contributed by atoms with E-state index >= 15 is 0 Å². The maximum Gasteiger partial charge on any atom is 0.222 e. The predicted molar refractivity (Wildman–Crippen MR) is 62.0 cm³/mol. The zero-order valence-electron chi connectivity index (χ0n) is 9.96. The second-order valence-electron chi connectivity index (χ2n) is 3.54. The van der Waals surface area contributed by atoms with Gasteiger partial charge >= 0.3 is 0 Å². The number of methoxy groups -OCH3 is 2. The summed E-state index contributed by atoms with van der Waals surface area (Å²) >= 11 is 0. The van der Waals surface area contributed by atoms with Crippen LogP contribution >= 0.6 is 0 Å². The average Bonchev–Trinajstić information content (AvgIpc) is 2.37. The number of aliphatic hydroxyl groups excluding tert-OH is 2. The molecule has 1 aromatic heterocycles. The molecule has 0 saturated heterocycles. The highest BCUT2D eigenvalue weighted by molar-refractivity contribution is 5.33. The van der Waals surface area contributed by atoms with Crippen molar-refractivity contribution >= 4 is 0 Å². The minimum atomic E-state index is -1.08. The highest BCUT2D eigenvalue weighted by atomic mass is 16.5. The van der Waals surface area contributed by atoms with E-state index in [0.717, 1.165) is 0 Å². The van der Waals surface area contributed by atoms with Gasteiger partial charge in [0.15, 0.2) is 0 Å². The molecule has 0 aromatic carbocycles. The van der Waals surface area contributed by atoms with Crippen molar-refractivity contribution in [3.63, 3.8) is 0 Å². The van der Waals surface area contributed by atoms with Crippen molar-refractivity contribution in [3.8, 4) is 11.8 Å².